The number of nitrogens with zero attached hydrogens (tertiary/aromatic N) is 2. The number of hydrogen-bond donors (Lipinski definition) is 1. The number of thioether (sulfide) groups is 1. The molecule has 5 nitrogen and oxygen atoms in total. The Morgan fingerprint density at radius 3 is 2.72 bits per heavy atom. The number of H-pyrrole nitrogens is 1. The van der Waals surface area contributed by atoms with E-state index in [2.05, 4.69) is 32.0 Å². The van der Waals surface area contributed by atoms with Crippen LogP contribution in [0.25, 0.3) is 17.1 Å². The molecule has 0 aliphatic rings. The zero-order chi connectivity index (χ0) is 22.5. The van der Waals surface area contributed by atoms with Crippen molar-refractivity contribution in [1.82, 2.24) is 9.97 Å². The number of ether oxygens (including phenoxy) is 2. The molecule has 0 saturated carbocycles. The van der Waals surface area contributed by atoms with E-state index in [4.69, 9.17) is 21.1 Å². The number of allylic oxidation sites excluding steroid dienone is 1. The van der Waals surface area contributed by atoms with Gasteiger partial charge in [0.2, 0.25) is 0 Å². The molecule has 4 aromatic rings. The van der Waals surface area contributed by atoms with Gasteiger partial charge in [-0.1, -0.05) is 35.9 Å². The normalized spacial score (nSPS) is 11.4. The maximum absolute atomic E-state index is 9.65. The summed E-state index contributed by atoms with van der Waals surface area (Å²) in [5, 5.41) is 11.0. The molecule has 0 radical (unpaired) electrons. The van der Waals surface area contributed by atoms with Crippen molar-refractivity contribution in [3.05, 3.63) is 86.2 Å². The Balaban J connectivity index is 1.55. The molecular formula is C24H17BrClN3O2S. The predicted octanol–water partition coefficient (Wildman–Crippen LogP) is 7.22. The predicted molar refractivity (Wildman–Crippen MR) is 132 cm³/mol. The summed E-state index contributed by atoms with van der Waals surface area (Å²) in [6.45, 7) is 0.368. The van der Waals surface area contributed by atoms with Gasteiger partial charge in [-0.2, -0.15) is 5.26 Å². The summed E-state index contributed by atoms with van der Waals surface area (Å²) in [6.07, 6.45) is 1.79. The number of fused-ring (bicyclic) bond motifs is 1. The lowest BCUT2D eigenvalue weighted by Gasteiger charge is -2.14. The maximum Gasteiger partial charge on any atom is 0.175 e. The van der Waals surface area contributed by atoms with E-state index < -0.39 is 0 Å². The summed E-state index contributed by atoms with van der Waals surface area (Å²) in [7, 11) is 1.58. The molecule has 4 rings (SSSR count). The van der Waals surface area contributed by atoms with Crippen LogP contribution in [-0.4, -0.2) is 17.1 Å². The molecule has 1 aromatic heterocycles. The smallest absolute Gasteiger partial charge is 0.175 e. The Kier molecular flexibility index (Phi) is 7.05. The van der Waals surface area contributed by atoms with Crippen LogP contribution < -0.4 is 9.47 Å². The fourth-order valence-electron chi connectivity index (χ4n) is 3.02. The number of hydrogen-bond acceptors (Lipinski definition) is 5. The SMILES string of the molecule is COc1cc(/C=C(\C#N)Sc2nc3ccccc3[nH]2)cc(Br)c1OCc1ccc(Cl)cc1. The number of benzene rings is 3. The van der Waals surface area contributed by atoms with Gasteiger partial charge in [0.05, 0.1) is 27.5 Å². The van der Waals surface area contributed by atoms with Gasteiger partial charge in [0, 0.05) is 5.02 Å². The Bertz CT molecular complexity index is 1300. The lowest BCUT2D eigenvalue weighted by molar-refractivity contribution is 0.282. The third-order valence-corrected chi connectivity index (χ3v) is 6.19. The van der Waals surface area contributed by atoms with Crippen molar-refractivity contribution >= 4 is 56.4 Å². The summed E-state index contributed by atoms with van der Waals surface area (Å²) in [5.74, 6) is 1.15. The molecule has 0 amide bonds. The molecule has 0 unspecified atom stereocenters. The van der Waals surface area contributed by atoms with Gasteiger partial charge >= 0.3 is 0 Å². The molecule has 32 heavy (non-hydrogen) atoms. The van der Waals surface area contributed by atoms with Crippen LogP contribution in [0.3, 0.4) is 0 Å². The summed E-state index contributed by atoms with van der Waals surface area (Å²) in [5.41, 5.74) is 3.58. The van der Waals surface area contributed by atoms with Crippen LogP contribution in [0.1, 0.15) is 11.1 Å². The molecule has 0 aliphatic heterocycles. The minimum Gasteiger partial charge on any atom is -0.493 e. The number of imidazole rings is 1. The summed E-state index contributed by atoms with van der Waals surface area (Å²) in [4.78, 5) is 8.24. The average molecular weight is 527 g/mol. The maximum atomic E-state index is 9.65. The number of nitriles is 1. The second kappa shape index (κ2) is 10.1. The van der Waals surface area contributed by atoms with E-state index in [0.717, 1.165) is 26.6 Å². The van der Waals surface area contributed by atoms with Crippen molar-refractivity contribution in [2.75, 3.05) is 7.11 Å². The molecule has 0 bridgehead atoms. The standard InChI is InChI=1S/C24H17BrClN3O2S/c1-30-22-12-16(11-19(25)23(22)31-14-15-6-8-17(26)9-7-15)10-18(13-27)32-24-28-20-4-2-3-5-21(20)29-24/h2-12H,14H2,1H3,(H,28,29)/b18-10+. The van der Waals surface area contributed by atoms with Gasteiger partial charge in [-0.3, -0.25) is 0 Å². The Morgan fingerprint density at radius 2 is 2.00 bits per heavy atom. The fraction of sp³-hybridized carbons (Fsp3) is 0.0833. The second-order valence-corrected chi connectivity index (χ2v) is 9.05. The topological polar surface area (TPSA) is 70.9 Å². The third-order valence-electron chi connectivity index (χ3n) is 4.53. The molecular weight excluding hydrogens is 510 g/mol. The number of aromatic nitrogens is 2. The van der Waals surface area contributed by atoms with E-state index in [9.17, 15) is 5.26 Å². The summed E-state index contributed by atoms with van der Waals surface area (Å²) in [6, 6.07) is 21.2. The highest BCUT2D eigenvalue weighted by Crippen LogP contribution is 2.38. The Hall–Kier alpha value is -2.92. The van der Waals surface area contributed by atoms with E-state index >= 15 is 0 Å². The van der Waals surface area contributed by atoms with Gasteiger partial charge in [-0.05, 0) is 81.3 Å². The van der Waals surface area contributed by atoms with E-state index in [-0.39, 0.29) is 0 Å². The van der Waals surface area contributed by atoms with E-state index in [1.807, 2.05) is 60.7 Å². The van der Waals surface area contributed by atoms with E-state index in [1.54, 1.807) is 13.2 Å². The largest absolute Gasteiger partial charge is 0.493 e. The minimum absolute atomic E-state index is 0.368. The number of halogens is 2. The first-order valence-corrected chi connectivity index (χ1v) is 11.5. The van der Waals surface area contributed by atoms with Crippen LogP contribution in [-0.2, 0) is 6.61 Å². The Morgan fingerprint density at radius 1 is 1.22 bits per heavy atom. The van der Waals surface area contributed by atoms with Crippen LogP contribution in [0.5, 0.6) is 11.5 Å². The zero-order valence-electron chi connectivity index (χ0n) is 16.9. The molecule has 1 heterocycles. The molecule has 0 saturated heterocycles. The highest BCUT2D eigenvalue weighted by Gasteiger charge is 2.13. The molecule has 0 atom stereocenters. The highest BCUT2D eigenvalue weighted by molar-refractivity contribution is 9.10. The van der Waals surface area contributed by atoms with Crippen LogP contribution in [0.2, 0.25) is 5.02 Å². The molecule has 0 aliphatic carbocycles. The number of para-hydroxylation sites is 2. The van der Waals surface area contributed by atoms with E-state index in [0.29, 0.717) is 33.2 Å². The number of nitrogens with one attached hydrogen (secondary N) is 1. The lowest BCUT2D eigenvalue weighted by Crippen LogP contribution is -1.99. The van der Waals surface area contributed by atoms with Crippen molar-refractivity contribution in [2.24, 2.45) is 0 Å². The minimum atomic E-state index is 0.368. The van der Waals surface area contributed by atoms with Crippen LogP contribution in [0, 0.1) is 11.3 Å². The Labute approximate surface area is 203 Å². The highest BCUT2D eigenvalue weighted by atomic mass is 79.9. The average Bonchev–Trinajstić information content (AvgIpc) is 3.21. The van der Waals surface area contributed by atoms with Crippen LogP contribution >= 0.6 is 39.3 Å². The van der Waals surface area contributed by atoms with Gasteiger partial charge in [0.1, 0.15) is 12.7 Å². The number of methoxy groups -OCH3 is 1. The van der Waals surface area contributed by atoms with Gasteiger partial charge in [0.15, 0.2) is 16.7 Å². The molecule has 0 fully saturated rings. The van der Waals surface area contributed by atoms with Crippen molar-refractivity contribution in [2.45, 2.75) is 11.8 Å². The first-order chi connectivity index (χ1) is 15.6. The molecule has 3 aromatic carbocycles. The molecule has 1 N–H and O–H groups in total. The lowest BCUT2D eigenvalue weighted by atomic mass is 10.2. The number of aromatic amines is 1. The van der Waals surface area contributed by atoms with Crippen molar-refractivity contribution in [3.8, 4) is 17.6 Å². The zero-order valence-corrected chi connectivity index (χ0v) is 20.1. The summed E-state index contributed by atoms with van der Waals surface area (Å²) >= 11 is 10.8. The molecule has 160 valence electrons. The summed E-state index contributed by atoms with van der Waals surface area (Å²) < 4.78 is 12.2. The molecule has 8 heteroatoms. The monoisotopic (exact) mass is 525 g/mol. The first kappa shape index (κ1) is 22.3. The second-order valence-electron chi connectivity index (χ2n) is 6.73. The van der Waals surface area contributed by atoms with E-state index in [1.165, 1.54) is 11.8 Å². The van der Waals surface area contributed by atoms with Crippen molar-refractivity contribution in [1.29, 1.82) is 5.26 Å². The quantitative estimate of drug-likeness (QED) is 0.203. The fourth-order valence-corrected chi connectivity index (χ4v) is 4.47. The van der Waals surface area contributed by atoms with Gasteiger partial charge < -0.3 is 14.5 Å². The first-order valence-electron chi connectivity index (χ1n) is 9.55. The van der Waals surface area contributed by atoms with Gasteiger partial charge in [-0.25, -0.2) is 4.98 Å². The van der Waals surface area contributed by atoms with Gasteiger partial charge in [-0.15, -0.1) is 0 Å². The van der Waals surface area contributed by atoms with Crippen LogP contribution in [0.15, 0.2) is 75.2 Å². The third kappa shape index (κ3) is 5.28. The molecule has 0 spiro atoms. The van der Waals surface area contributed by atoms with Gasteiger partial charge in [0.25, 0.3) is 0 Å². The van der Waals surface area contributed by atoms with Crippen LogP contribution in [0.4, 0.5) is 0 Å². The van der Waals surface area contributed by atoms with Crippen molar-refractivity contribution in [3.63, 3.8) is 0 Å². The van der Waals surface area contributed by atoms with Crippen molar-refractivity contribution < 1.29 is 9.47 Å². The number of rotatable bonds is 7.